The first-order valence-corrected chi connectivity index (χ1v) is 11.9. The van der Waals surface area contributed by atoms with Gasteiger partial charge in [0.25, 0.3) is 0 Å². The molecule has 2 saturated carbocycles. The van der Waals surface area contributed by atoms with Crippen molar-refractivity contribution in [1.82, 2.24) is 0 Å². The van der Waals surface area contributed by atoms with Crippen molar-refractivity contribution in [3.05, 3.63) is 42.5 Å². The Hall–Kier alpha value is -1.45. The zero-order chi connectivity index (χ0) is 21.4. The van der Waals surface area contributed by atoms with Crippen LogP contribution in [0.15, 0.2) is 36.9 Å². The zero-order valence-electron chi connectivity index (χ0n) is 18.1. The third-order valence-electron chi connectivity index (χ3n) is 7.37. The molecular weight excluding hydrogens is 385 g/mol. The van der Waals surface area contributed by atoms with Crippen molar-refractivity contribution in [2.45, 2.75) is 95.8 Å². The fourth-order valence-corrected chi connectivity index (χ4v) is 5.58. The molecule has 3 rings (SSSR count). The minimum atomic E-state index is -4.62. The van der Waals surface area contributed by atoms with E-state index in [1.54, 1.807) is 12.1 Å². The van der Waals surface area contributed by atoms with Crippen molar-refractivity contribution in [3.8, 4) is 5.75 Å². The van der Waals surface area contributed by atoms with Gasteiger partial charge in [-0.3, -0.25) is 0 Å². The molecule has 0 heterocycles. The number of hydrogen-bond donors (Lipinski definition) is 0. The van der Waals surface area contributed by atoms with Crippen molar-refractivity contribution in [2.24, 2.45) is 17.8 Å². The molecule has 0 unspecified atom stereocenters. The Morgan fingerprint density at radius 3 is 1.80 bits per heavy atom. The predicted molar refractivity (Wildman–Crippen MR) is 117 cm³/mol. The van der Waals surface area contributed by atoms with E-state index in [2.05, 4.69) is 17.4 Å². The molecule has 2 aliphatic carbocycles. The summed E-state index contributed by atoms with van der Waals surface area (Å²) < 4.78 is 40.8. The third-order valence-corrected chi connectivity index (χ3v) is 7.37. The molecule has 0 radical (unpaired) electrons. The summed E-state index contributed by atoms with van der Waals surface area (Å²) in [4.78, 5) is 0. The molecule has 1 nitrogen and oxygen atoms in total. The predicted octanol–water partition coefficient (Wildman–Crippen LogP) is 8.80. The molecular formula is C26H37F3O. The third kappa shape index (κ3) is 7.67. The first kappa shape index (κ1) is 23.2. The van der Waals surface area contributed by atoms with Crippen molar-refractivity contribution in [3.63, 3.8) is 0 Å². The number of benzene rings is 1. The molecule has 0 saturated heterocycles. The van der Waals surface area contributed by atoms with Crippen LogP contribution in [0.3, 0.4) is 0 Å². The first-order chi connectivity index (χ1) is 14.4. The van der Waals surface area contributed by atoms with Crippen LogP contribution in [0.4, 0.5) is 13.2 Å². The van der Waals surface area contributed by atoms with Gasteiger partial charge in [-0.1, -0.05) is 56.7 Å². The highest BCUT2D eigenvalue weighted by atomic mass is 19.4. The number of hydrogen-bond acceptors (Lipinski definition) is 1. The lowest BCUT2D eigenvalue weighted by Crippen LogP contribution is -2.17. The normalized spacial score (nSPS) is 27.6. The topological polar surface area (TPSA) is 9.23 Å². The second kappa shape index (κ2) is 11.2. The second-order valence-electron chi connectivity index (χ2n) is 9.53. The van der Waals surface area contributed by atoms with E-state index < -0.39 is 6.36 Å². The molecule has 0 N–H and O–H groups in total. The van der Waals surface area contributed by atoms with Gasteiger partial charge in [0.1, 0.15) is 5.75 Å². The van der Waals surface area contributed by atoms with E-state index in [1.807, 2.05) is 0 Å². The van der Waals surface area contributed by atoms with E-state index in [0.717, 1.165) is 36.2 Å². The number of allylic oxidation sites excluding steroid dienone is 1. The van der Waals surface area contributed by atoms with Gasteiger partial charge >= 0.3 is 6.36 Å². The second-order valence-corrected chi connectivity index (χ2v) is 9.53. The average molecular weight is 423 g/mol. The lowest BCUT2D eigenvalue weighted by molar-refractivity contribution is -0.274. The molecule has 2 aliphatic rings. The van der Waals surface area contributed by atoms with Crippen LogP contribution in [0.2, 0.25) is 0 Å². The summed E-state index contributed by atoms with van der Waals surface area (Å²) in [7, 11) is 0. The van der Waals surface area contributed by atoms with E-state index in [-0.39, 0.29) is 5.75 Å². The van der Waals surface area contributed by atoms with E-state index in [9.17, 15) is 13.2 Å². The first-order valence-electron chi connectivity index (χ1n) is 11.9. The average Bonchev–Trinajstić information content (AvgIpc) is 2.73. The number of alkyl halides is 3. The fourth-order valence-electron chi connectivity index (χ4n) is 5.58. The maximum atomic E-state index is 12.3. The van der Waals surface area contributed by atoms with Crippen LogP contribution < -0.4 is 4.74 Å². The molecule has 0 aromatic heterocycles. The number of halogens is 3. The fraction of sp³-hybridized carbons (Fsp3) is 0.692. The summed E-state index contributed by atoms with van der Waals surface area (Å²) in [5.74, 6) is 3.02. The van der Waals surface area contributed by atoms with Crippen LogP contribution in [0, 0.1) is 17.8 Å². The van der Waals surface area contributed by atoms with Gasteiger partial charge in [0.05, 0.1) is 0 Å². The summed E-state index contributed by atoms with van der Waals surface area (Å²) in [6.45, 7) is 3.87. The Morgan fingerprint density at radius 2 is 1.30 bits per heavy atom. The zero-order valence-corrected chi connectivity index (χ0v) is 18.1. The molecule has 4 heteroatoms. The van der Waals surface area contributed by atoms with Crippen LogP contribution >= 0.6 is 0 Å². The molecule has 0 bridgehead atoms. The monoisotopic (exact) mass is 422 g/mol. The van der Waals surface area contributed by atoms with Gasteiger partial charge in [0.15, 0.2) is 0 Å². The van der Waals surface area contributed by atoms with E-state index >= 15 is 0 Å². The smallest absolute Gasteiger partial charge is 0.406 e. The van der Waals surface area contributed by atoms with Crippen molar-refractivity contribution in [1.29, 1.82) is 0 Å². The largest absolute Gasteiger partial charge is 0.573 e. The molecule has 0 spiro atoms. The van der Waals surface area contributed by atoms with Gasteiger partial charge in [-0.05, 0) is 86.3 Å². The number of ether oxygens (including phenoxy) is 1. The van der Waals surface area contributed by atoms with Gasteiger partial charge in [-0.25, -0.2) is 0 Å². The Kier molecular flexibility index (Phi) is 8.71. The Labute approximate surface area is 180 Å². The summed E-state index contributed by atoms with van der Waals surface area (Å²) in [5, 5.41) is 0. The Morgan fingerprint density at radius 1 is 0.800 bits per heavy atom. The molecule has 30 heavy (non-hydrogen) atoms. The highest BCUT2D eigenvalue weighted by Crippen LogP contribution is 2.39. The van der Waals surface area contributed by atoms with Crippen molar-refractivity contribution in [2.75, 3.05) is 0 Å². The maximum Gasteiger partial charge on any atom is 0.573 e. The van der Waals surface area contributed by atoms with Crippen molar-refractivity contribution >= 4 is 0 Å². The Balaban J connectivity index is 1.29. The van der Waals surface area contributed by atoms with Crippen LogP contribution in [0.5, 0.6) is 5.75 Å². The summed E-state index contributed by atoms with van der Waals surface area (Å²) in [6.07, 6.45) is 14.5. The number of unbranched alkanes of at least 4 members (excludes halogenated alkanes) is 1. The van der Waals surface area contributed by atoms with Crippen LogP contribution in [0.25, 0.3) is 0 Å². The van der Waals surface area contributed by atoms with Gasteiger partial charge in [-0.2, -0.15) is 0 Å². The molecule has 1 aromatic rings. The highest BCUT2D eigenvalue weighted by Gasteiger charge is 2.31. The van der Waals surface area contributed by atoms with Crippen molar-refractivity contribution < 1.29 is 17.9 Å². The van der Waals surface area contributed by atoms with Gasteiger partial charge in [0, 0.05) is 0 Å². The van der Waals surface area contributed by atoms with Crippen LogP contribution in [-0.4, -0.2) is 6.36 Å². The number of rotatable bonds is 9. The SMILES string of the molecule is C=CC[C@H]1CC[C@H](CCCCC2CCC(c3ccc(OC(F)(F)F)cc3)CC2)CC1. The minimum absolute atomic E-state index is 0.130. The molecule has 1 aromatic carbocycles. The maximum absolute atomic E-state index is 12.3. The quantitative estimate of drug-likeness (QED) is 0.285. The van der Waals surface area contributed by atoms with Crippen LogP contribution in [0.1, 0.15) is 95.0 Å². The Bertz CT molecular complexity index is 621. The lowest BCUT2D eigenvalue weighted by Gasteiger charge is -2.30. The van der Waals surface area contributed by atoms with Gasteiger partial charge < -0.3 is 4.74 Å². The molecule has 0 amide bonds. The molecule has 2 fully saturated rings. The summed E-state index contributed by atoms with van der Waals surface area (Å²) in [6, 6.07) is 6.49. The van der Waals surface area contributed by atoms with E-state index in [0.29, 0.717) is 5.92 Å². The minimum Gasteiger partial charge on any atom is -0.406 e. The van der Waals surface area contributed by atoms with E-state index in [4.69, 9.17) is 0 Å². The standard InChI is InChI=1S/C26H37F3O/c1-2-5-20-8-10-21(11-9-20)6-3-4-7-22-12-14-23(15-13-22)24-16-18-25(19-17-24)30-26(27,28)29/h2,16-23H,1,3-15H2/t20-,21-,22?,23?. The van der Waals surface area contributed by atoms with E-state index in [1.165, 1.54) is 82.8 Å². The summed E-state index contributed by atoms with van der Waals surface area (Å²) >= 11 is 0. The molecule has 168 valence electrons. The highest BCUT2D eigenvalue weighted by molar-refractivity contribution is 5.29. The van der Waals surface area contributed by atoms with Crippen LogP contribution in [-0.2, 0) is 0 Å². The lowest BCUT2D eigenvalue weighted by atomic mass is 9.76. The van der Waals surface area contributed by atoms with Gasteiger partial charge in [-0.15, -0.1) is 19.8 Å². The molecule has 0 aliphatic heterocycles. The van der Waals surface area contributed by atoms with Gasteiger partial charge in [0.2, 0.25) is 0 Å². The summed E-state index contributed by atoms with van der Waals surface area (Å²) in [5.41, 5.74) is 1.15. The molecule has 0 atom stereocenters.